The molecule has 0 aliphatic rings. The van der Waals surface area contributed by atoms with Gasteiger partial charge in [-0.15, -0.1) is 0 Å². The van der Waals surface area contributed by atoms with Gasteiger partial charge in [0, 0.05) is 5.56 Å². The number of hydrogen-bond acceptors (Lipinski definition) is 3. The van der Waals surface area contributed by atoms with Crippen molar-refractivity contribution in [2.24, 2.45) is 5.73 Å². The Bertz CT molecular complexity index is 474. The minimum Gasteiger partial charge on any atom is -0.496 e. The molecule has 1 unspecified atom stereocenters. The van der Waals surface area contributed by atoms with Crippen LogP contribution in [0.15, 0.2) is 18.2 Å². The Kier molecular flexibility index (Phi) is 5.17. The fourth-order valence-electron chi connectivity index (χ4n) is 1.73. The lowest BCUT2D eigenvalue weighted by Crippen LogP contribution is -2.40. The molecule has 104 valence electrons. The molecule has 0 aliphatic heterocycles. The second-order valence-electron chi connectivity index (χ2n) is 4.25. The van der Waals surface area contributed by atoms with Crippen LogP contribution in [-0.2, 0) is 4.79 Å². The Balaban J connectivity index is 2.72. The van der Waals surface area contributed by atoms with Crippen LogP contribution in [0.1, 0.15) is 24.1 Å². The summed E-state index contributed by atoms with van der Waals surface area (Å²) in [6.45, 7) is 3.67. The number of amides is 3. The highest BCUT2D eigenvalue weighted by molar-refractivity contribution is 5.83. The van der Waals surface area contributed by atoms with E-state index in [1.54, 1.807) is 7.11 Å². The third-order valence-electron chi connectivity index (χ3n) is 2.65. The molecule has 0 bridgehead atoms. The second-order valence-corrected chi connectivity index (χ2v) is 4.25. The van der Waals surface area contributed by atoms with Crippen molar-refractivity contribution in [1.82, 2.24) is 10.6 Å². The highest BCUT2D eigenvalue weighted by Crippen LogP contribution is 2.25. The number of urea groups is 1. The zero-order valence-corrected chi connectivity index (χ0v) is 11.3. The number of methoxy groups -OCH3 is 1. The molecule has 6 nitrogen and oxygen atoms in total. The number of carbonyl (C=O) groups is 2. The number of primary amides is 1. The molecule has 0 aromatic heterocycles. The maximum absolute atomic E-state index is 11.6. The largest absolute Gasteiger partial charge is 0.496 e. The minimum absolute atomic E-state index is 0.145. The topological polar surface area (TPSA) is 93.4 Å². The van der Waals surface area contributed by atoms with Crippen LogP contribution in [0.2, 0.25) is 0 Å². The Morgan fingerprint density at radius 1 is 1.42 bits per heavy atom. The molecule has 0 heterocycles. The predicted octanol–water partition coefficient (Wildman–Crippen LogP) is 0.849. The molecule has 1 rings (SSSR count). The van der Waals surface area contributed by atoms with Crippen molar-refractivity contribution in [3.05, 3.63) is 29.3 Å². The summed E-state index contributed by atoms with van der Waals surface area (Å²) in [6, 6.07) is 4.79. The van der Waals surface area contributed by atoms with Crippen molar-refractivity contribution in [3.8, 4) is 5.75 Å². The van der Waals surface area contributed by atoms with Crippen LogP contribution in [0.3, 0.4) is 0 Å². The van der Waals surface area contributed by atoms with Gasteiger partial charge in [-0.05, 0) is 19.9 Å². The van der Waals surface area contributed by atoms with E-state index in [1.807, 2.05) is 32.0 Å². The van der Waals surface area contributed by atoms with E-state index in [-0.39, 0.29) is 18.5 Å². The number of nitrogens with one attached hydrogen (secondary N) is 2. The van der Waals surface area contributed by atoms with Gasteiger partial charge in [0.1, 0.15) is 5.75 Å². The number of carbonyl (C=O) groups excluding carboxylic acids is 2. The molecule has 6 heteroatoms. The highest BCUT2D eigenvalue weighted by Gasteiger charge is 2.14. The Morgan fingerprint density at radius 3 is 2.68 bits per heavy atom. The summed E-state index contributed by atoms with van der Waals surface area (Å²) in [6.07, 6.45) is 0. The molecule has 1 aromatic carbocycles. The van der Waals surface area contributed by atoms with Crippen molar-refractivity contribution in [2.75, 3.05) is 13.7 Å². The zero-order valence-electron chi connectivity index (χ0n) is 11.3. The lowest BCUT2D eigenvalue weighted by atomic mass is 10.0. The van der Waals surface area contributed by atoms with E-state index in [0.29, 0.717) is 5.75 Å². The van der Waals surface area contributed by atoms with E-state index in [1.165, 1.54) is 0 Å². The summed E-state index contributed by atoms with van der Waals surface area (Å²) in [5, 5.41) is 5.00. The van der Waals surface area contributed by atoms with Crippen molar-refractivity contribution in [1.29, 1.82) is 0 Å². The standard InChI is InChI=1S/C13H19N3O3/c1-8-4-5-11(19-3)10(6-8)9(2)16-12(17)7-15-13(14)18/h4-6,9H,7H2,1-3H3,(H,16,17)(H3,14,15,18). The fourth-order valence-corrected chi connectivity index (χ4v) is 1.73. The van der Waals surface area contributed by atoms with Crippen molar-refractivity contribution in [2.45, 2.75) is 19.9 Å². The van der Waals surface area contributed by atoms with Crippen LogP contribution >= 0.6 is 0 Å². The monoisotopic (exact) mass is 265 g/mol. The highest BCUT2D eigenvalue weighted by atomic mass is 16.5. The lowest BCUT2D eigenvalue weighted by molar-refractivity contribution is -0.120. The molecule has 0 saturated carbocycles. The van der Waals surface area contributed by atoms with E-state index < -0.39 is 6.03 Å². The van der Waals surface area contributed by atoms with Crippen LogP contribution in [0.25, 0.3) is 0 Å². The quantitative estimate of drug-likeness (QED) is 0.736. The van der Waals surface area contributed by atoms with Gasteiger partial charge in [0.05, 0.1) is 19.7 Å². The molecule has 0 fully saturated rings. The van der Waals surface area contributed by atoms with E-state index in [0.717, 1.165) is 11.1 Å². The van der Waals surface area contributed by atoms with Gasteiger partial charge in [-0.2, -0.15) is 0 Å². The number of rotatable bonds is 5. The van der Waals surface area contributed by atoms with Gasteiger partial charge in [-0.1, -0.05) is 17.7 Å². The van der Waals surface area contributed by atoms with Gasteiger partial charge in [-0.3, -0.25) is 4.79 Å². The number of hydrogen-bond donors (Lipinski definition) is 3. The van der Waals surface area contributed by atoms with Gasteiger partial charge in [0.15, 0.2) is 0 Å². The van der Waals surface area contributed by atoms with Gasteiger partial charge in [0.2, 0.25) is 5.91 Å². The molecule has 0 aliphatic carbocycles. The molecule has 0 radical (unpaired) electrons. The molecule has 4 N–H and O–H groups in total. The van der Waals surface area contributed by atoms with Gasteiger partial charge in [0.25, 0.3) is 0 Å². The zero-order chi connectivity index (χ0) is 14.4. The smallest absolute Gasteiger partial charge is 0.312 e. The minimum atomic E-state index is -0.726. The Hall–Kier alpha value is -2.24. The van der Waals surface area contributed by atoms with Gasteiger partial charge in [-0.25, -0.2) is 4.79 Å². The van der Waals surface area contributed by atoms with Crippen molar-refractivity contribution >= 4 is 11.9 Å². The van der Waals surface area contributed by atoms with Crippen molar-refractivity contribution < 1.29 is 14.3 Å². The average Bonchev–Trinajstić information content (AvgIpc) is 2.36. The maximum Gasteiger partial charge on any atom is 0.312 e. The van der Waals surface area contributed by atoms with Crippen molar-refractivity contribution in [3.63, 3.8) is 0 Å². The first-order chi connectivity index (χ1) is 8.93. The first-order valence-corrected chi connectivity index (χ1v) is 5.91. The van der Waals surface area contributed by atoms with Gasteiger partial charge < -0.3 is 21.1 Å². The normalized spacial score (nSPS) is 11.5. The number of nitrogens with two attached hydrogens (primary N) is 1. The van der Waals surface area contributed by atoms with E-state index in [9.17, 15) is 9.59 Å². The third kappa shape index (κ3) is 4.50. The summed E-state index contributed by atoms with van der Waals surface area (Å²) >= 11 is 0. The molecule has 19 heavy (non-hydrogen) atoms. The first-order valence-electron chi connectivity index (χ1n) is 5.91. The van der Waals surface area contributed by atoms with Crippen LogP contribution in [-0.4, -0.2) is 25.6 Å². The summed E-state index contributed by atoms with van der Waals surface area (Å²) in [4.78, 5) is 22.1. The lowest BCUT2D eigenvalue weighted by Gasteiger charge is -2.18. The first kappa shape index (κ1) is 14.8. The third-order valence-corrected chi connectivity index (χ3v) is 2.65. The van der Waals surface area contributed by atoms with Crippen LogP contribution in [0.4, 0.5) is 4.79 Å². The molecular weight excluding hydrogens is 246 g/mol. The molecule has 1 atom stereocenters. The average molecular weight is 265 g/mol. The number of ether oxygens (including phenoxy) is 1. The van der Waals surface area contributed by atoms with Crippen LogP contribution < -0.4 is 21.1 Å². The number of aryl methyl sites for hydroxylation is 1. The summed E-state index contributed by atoms with van der Waals surface area (Å²) in [7, 11) is 1.58. The van der Waals surface area contributed by atoms with Crippen LogP contribution in [0.5, 0.6) is 5.75 Å². The predicted molar refractivity (Wildman–Crippen MR) is 71.9 cm³/mol. The van der Waals surface area contributed by atoms with E-state index >= 15 is 0 Å². The van der Waals surface area contributed by atoms with Crippen LogP contribution in [0, 0.1) is 6.92 Å². The number of benzene rings is 1. The molecule has 0 saturated heterocycles. The van der Waals surface area contributed by atoms with Gasteiger partial charge >= 0.3 is 6.03 Å². The molecular formula is C13H19N3O3. The van der Waals surface area contributed by atoms with E-state index in [4.69, 9.17) is 10.5 Å². The Labute approximate surface area is 112 Å². The summed E-state index contributed by atoms with van der Waals surface area (Å²) in [5.41, 5.74) is 6.86. The fraction of sp³-hybridized carbons (Fsp3) is 0.385. The maximum atomic E-state index is 11.6. The summed E-state index contributed by atoms with van der Waals surface area (Å²) in [5.74, 6) is 0.399. The van der Waals surface area contributed by atoms with E-state index in [2.05, 4.69) is 10.6 Å². The molecule has 1 aromatic rings. The Morgan fingerprint density at radius 2 is 2.11 bits per heavy atom. The second kappa shape index (κ2) is 6.63. The molecule has 3 amide bonds. The SMILES string of the molecule is COc1ccc(C)cc1C(C)NC(=O)CNC(N)=O. The molecule has 0 spiro atoms. The summed E-state index contributed by atoms with van der Waals surface area (Å²) < 4.78 is 5.26.